The summed E-state index contributed by atoms with van der Waals surface area (Å²) in [5.74, 6) is 2.37. The summed E-state index contributed by atoms with van der Waals surface area (Å²) < 4.78 is 0. The number of para-hydroxylation sites is 1. The van der Waals surface area contributed by atoms with E-state index in [1.54, 1.807) is 0 Å². The first-order valence-corrected chi connectivity index (χ1v) is 14.4. The predicted molar refractivity (Wildman–Crippen MR) is 168 cm³/mol. The lowest BCUT2D eigenvalue weighted by molar-refractivity contribution is 0.646. The van der Waals surface area contributed by atoms with Crippen molar-refractivity contribution in [2.45, 2.75) is 25.9 Å². The van der Waals surface area contributed by atoms with Crippen molar-refractivity contribution < 1.29 is 0 Å². The summed E-state index contributed by atoms with van der Waals surface area (Å²) in [5, 5.41) is 7.19. The van der Waals surface area contributed by atoms with Crippen molar-refractivity contribution in [2.75, 3.05) is 52.7 Å². The molecule has 4 aromatic rings. The van der Waals surface area contributed by atoms with Gasteiger partial charge in [-0.05, 0) is 54.4 Å². The van der Waals surface area contributed by atoms with Crippen LogP contribution in [0.4, 0.5) is 23.3 Å². The minimum Gasteiger partial charge on any atom is -0.368 e. The largest absolute Gasteiger partial charge is 0.368 e. The summed E-state index contributed by atoms with van der Waals surface area (Å²) >= 11 is 5.70. The molecule has 2 N–H and O–H groups in total. The van der Waals surface area contributed by atoms with Crippen LogP contribution in [0.1, 0.15) is 29.7 Å². The van der Waals surface area contributed by atoms with Gasteiger partial charge in [0.05, 0.1) is 6.04 Å². The molecule has 1 unspecified atom stereocenters. The SMILES string of the molecule is CC(NC(=S)Nc1nc(N2CCN(c3ccccc3)CC2)cc(N2CCc3ccccc3C2)n1)c1ccccc1. The number of piperazine rings is 1. The maximum Gasteiger partial charge on any atom is 0.232 e. The molecule has 1 aromatic heterocycles. The Morgan fingerprint density at radius 3 is 2.05 bits per heavy atom. The van der Waals surface area contributed by atoms with Crippen molar-refractivity contribution in [3.8, 4) is 0 Å². The second-order valence-corrected chi connectivity index (χ2v) is 10.8. The molecular formula is C32H35N7S. The zero-order valence-corrected chi connectivity index (χ0v) is 23.6. The van der Waals surface area contributed by atoms with Gasteiger partial charge in [-0.2, -0.15) is 9.97 Å². The molecule has 204 valence electrons. The van der Waals surface area contributed by atoms with Gasteiger partial charge in [-0.15, -0.1) is 0 Å². The molecule has 3 heterocycles. The second-order valence-electron chi connectivity index (χ2n) is 10.4. The maximum atomic E-state index is 5.70. The highest BCUT2D eigenvalue weighted by molar-refractivity contribution is 7.80. The summed E-state index contributed by atoms with van der Waals surface area (Å²) in [4.78, 5) is 17.0. The van der Waals surface area contributed by atoms with Gasteiger partial charge in [0.2, 0.25) is 5.95 Å². The Hall–Kier alpha value is -4.17. The number of nitrogens with one attached hydrogen (secondary N) is 2. The highest BCUT2D eigenvalue weighted by Crippen LogP contribution is 2.28. The fourth-order valence-corrected chi connectivity index (χ4v) is 5.75. The zero-order valence-electron chi connectivity index (χ0n) is 22.8. The topological polar surface area (TPSA) is 59.6 Å². The first-order valence-electron chi connectivity index (χ1n) is 14.0. The molecule has 0 radical (unpaired) electrons. The minimum atomic E-state index is 0.0634. The Morgan fingerprint density at radius 1 is 0.725 bits per heavy atom. The number of hydrogen-bond donors (Lipinski definition) is 2. The van der Waals surface area contributed by atoms with Gasteiger partial charge in [0.15, 0.2) is 5.11 Å². The van der Waals surface area contributed by atoms with Crippen molar-refractivity contribution in [1.29, 1.82) is 0 Å². The smallest absolute Gasteiger partial charge is 0.232 e. The van der Waals surface area contributed by atoms with Crippen molar-refractivity contribution in [3.05, 3.63) is 108 Å². The molecule has 8 heteroatoms. The fourth-order valence-electron chi connectivity index (χ4n) is 5.49. The van der Waals surface area contributed by atoms with E-state index in [1.165, 1.54) is 22.4 Å². The van der Waals surface area contributed by atoms with Crippen LogP contribution in [0.5, 0.6) is 0 Å². The molecule has 0 bridgehead atoms. The van der Waals surface area contributed by atoms with Crippen LogP contribution in [0.15, 0.2) is 91.0 Å². The molecule has 1 atom stereocenters. The van der Waals surface area contributed by atoms with Crippen molar-refractivity contribution >= 4 is 40.6 Å². The first kappa shape index (κ1) is 26.1. The molecule has 6 rings (SSSR count). The average molecular weight is 550 g/mol. The summed E-state index contributed by atoms with van der Waals surface area (Å²) in [5.41, 5.74) is 5.21. The Balaban J connectivity index is 1.22. The molecule has 0 spiro atoms. The van der Waals surface area contributed by atoms with Gasteiger partial charge in [-0.25, -0.2) is 0 Å². The molecular weight excluding hydrogens is 514 g/mol. The van der Waals surface area contributed by atoms with Crippen molar-refractivity contribution in [3.63, 3.8) is 0 Å². The van der Waals surface area contributed by atoms with Crippen LogP contribution < -0.4 is 25.3 Å². The lowest BCUT2D eigenvalue weighted by Gasteiger charge is -2.37. The van der Waals surface area contributed by atoms with Crippen molar-refractivity contribution in [1.82, 2.24) is 15.3 Å². The Labute approximate surface area is 241 Å². The molecule has 2 aliphatic heterocycles. The van der Waals surface area contributed by atoms with Crippen LogP contribution in [-0.2, 0) is 13.0 Å². The van der Waals surface area contributed by atoms with Gasteiger partial charge >= 0.3 is 0 Å². The van der Waals surface area contributed by atoms with E-state index in [0.29, 0.717) is 11.1 Å². The molecule has 0 saturated carbocycles. The summed E-state index contributed by atoms with van der Waals surface area (Å²) in [7, 11) is 0. The number of hydrogen-bond acceptors (Lipinski definition) is 6. The number of thiocarbonyl (C=S) groups is 1. The third kappa shape index (κ3) is 6.02. The molecule has 1 fully saturated rings. The molecule has 0 aliphatic carbocycles. The Bertz CT molecular complexity index is 1440. The summed E-state index contributed by atoms with van der Waals surface area (Å²) in [6, 6.07) is 31.8. The van der Waals surface area contributed by atoms with Gasteiger partial charge in [0.1, 0.15) is 11.6 Å². The van der Waals surface area contributed by atoms with Crippen LogP contribution in [0, 0.1) is 0 Å². The van der Waals surface area contributed by atoms with E-state index >= 15 is 0 Å². The maximum absolute atomic E-state index is 5.70. The molecule has 0 amide bonds. The van der Waals surface area contributed by atoms with E-state index in [9.17, 15) is 0 Å². The normalized spacial score (nSPS) is 15.8. The molecule has 2 aliphatic rings. The number of rotatable bonds is 6. The van der Waals surface area contributed by atoms with Gasteiger partial charge < -0.3 is 25.3 Å². The number of nitrogens with zero attached hydrogens (tertiary/aromatic N) is 5. The number of aromatic nitrogens is 2. The van der Waals surface area contributed by atoms with Gasteiger partial charge in [-0.3, -0.25) is 0 Å². The number of benzene rings is 3. The van der Waals surface area contributed by atoms with Crippen molar-refractivity contribution in [2.24, 2.45) is 0 Å². The Kier molecular flexibility index (Phi) is 7.77. The van der Waals surface area contributed by atoms with Crippen LogP contribution in [-0.4, -0.2) is 47.8 Å². The van der Waals surface area contributed by atoms with E-state index in [4.69, 9.17) is 22.2 Å². The predicted octanol–water partition coefficient (Wildman–Crippen LogP) is 5.41. The van der Waals surface area contributed by atoms with E-state index < -0.39 is 0 Å². The first-order chi connectivity index (χ1) is 19.6. The lowest BCUT2D eigenvalue weighted by Crippen LogP contribution is -2.47. The standard InChI is InChI=1S/C32H35N7S/c1-24(25-10-4-2-5-11-25)33-32(40)36-31-34-29(38-20-18-37(19-21-38)28-14-6-3-7-15-28)22-30(35-31)39-17-16-26-12-8-9-13-27(26)23-39/h2-15,22,24H,16-21,23H2,1H3,(H2,33,34,35,36,40). The monoisotopic (exact) mass is 549 g/mol. The second kappa shape index (κ2) is 11.9. The van der Waals surface area contributed by atoms with Gasteiger partial charge in [-0.1, -0.05) is 72.8 Å². The zero-order chi connectivity index (χ0) is 27.3. The summed E-state index contributed by atoms with van der Waals surface area (Å²) in [6.45, 7) is 7.52. The minimum absolute atomic E-state index is 0.0634. The Morgan fingerprint density at radius 2 is 1.32 bits per heavy atom. The van der Waals surface area contributed by atoms with Crippen LogP contribution in [0.25, 0.3) is 0 Å². The van der Waals surface area contributed by atoms with Crippen LogP contribution in [0.2, 0.25) is 0 Å². The van der Waals surface area contributed by atoms with E-state index in [1.807, 2.05) is 18.2 Å². The number of anilines is 4. The van der Waals surface area contributed by atoms with Crippen LogP contribution in [0.3, 0.4) is 0 Å². The van der Waals surface area contributed by atoms with Crippen LogP contribution >= 0.6 is 12.2 Å². The van der Waals surface area contributed by atoms with E-state index in [2.05, 4.69) is 105 Å². The molecule has 3 aromatic carbocycles. The third-order valence-electron chi connectivity index (χ3n) is 7.75. The lowest BCUT2D eigenvalue weighted by atomic mass is 10.00. The summed E-state index contributed by atoms with van der Waals surface area (Å²) in [6.07, 6.45) is 1.00. The highest BCUT2D eigenvalue weighted by Gasteiger charge is 2.23. The van der Waals surface area contributed by atoms with E-state index in [-0.39, 0.29) is 6.04 Å². The van der Waals surface area contributed by atoms with Gasteiger partial charge in [0, 0.05) is 51.0 Å². The average Bonchev–Trinajstić information content (AvgIpc) is 3.01. The molecule has 1 saturated heterocycles. The van der Waals surface area contributed by atoms with E-state index in [0.717, 1.165) is 57.3 Å². The number of fused-ring (bicyclic) bond motifs is 1. The molecule has 7 nitrogen and oxygen atoms in total. The fraction of sp³-hybridized carbons (Fsp3) is 0.281. The third-order valence-corrected chi connectivity index (χ3v) is 7.97. The van der Waals surface area contributed by atoms with Gasteiger partial charge in [0.25, 0.3) is 0 Å². The highest BCUT2D eigenvalue weighted by atomic mass is 32.1. The quantitative estimate of drug-likeness (QED) is 0.310. The molecule has 40 heavy (non-hydrogen) atoms.